The molecule has 0 heterocycles. The van der Waals surface area contributed by atoms with Crippen molar-refractivity contribution < 1.29 is 15.0 Å². The van der Waals surface area contributed by atoms with Crippen molar-refractivity contribution in [1.82, 2.24) is 0 Å². The Balaban J connectivity index is 2.95. The second-order valence-corrected chi connectivity index (χ2v) is 3.87. The van der Waals surface area contributed by atoms with Gasteiger partial charge in [-0.05, 0) is 25.1 Å². The van der Waals surface area contributed by atoms with Crippen molar-refractivity contribution in [3.63, 3.8) is 0 Å². The molecule has 0 radical (unpaired) electrons. The molecule has 0 aliphatic heterocycles. The van der Waals surface area contributed by atoms with Crippen LogP contribution in [0, 0.1) is 0 Å². The predicted octanol–water partition coefficient (Wildman–Crippen LogP) is 2.05. The van der Waals surface area contributed by atoms with E-state index in [9.17, 15) is 9.90 Å². The molecule has 0 amide bonds. The Morgan fingerprint density at radius 1 is 1.53 bits per heavy atom. The standard InChI is InChI=1S/C10H10BrNO3/c1-6(12-5-10(14)15)8-3-2-7(11)4-9(8)13/h2-4,13H,5H2,1H3,(H,14,15)/b12-6+. The van der Waals surface area contributed by atoms with E-state index in [0.717, 1.165) is 4.47 Å². The Morgan fingerprint density at radius 3 is 2.73 bits per heavy atom. The Bertz CT molecular complexity index is 415. The first-order valence-electron chi connectivity index (χ1n) is 4.22. The molecular weight excluding hydrogens is 262 g/mol. The summed E-state index contributed by atoms with van der Waals surface area (Å²) in [5.74, 6) is -0.915. The molecule has 0 unspecified atom stereocenters. The Kier molecular flexibility index (Phi) is 3.85. The van der Waals surface area contributed by atoms with E-state index < -0.39 is 5.97 Å². The lowest BCUT2D eigenvalue weighted by molar-refractivity contribution is -0.135. The number of carbonyl (C=O) groups is 1. The summed E-state index contributed by atoms with van der Waals surface area (Å²) >= 11 is 3.21. The van der Waals surface area contributed by atoms with Crippen LogP contribution in [0.4, 0.5) is 0 Å². The average Bonchev–Trinajstić information content (AvgIpc) is 2.14. The smallest absolute Gasteiger partial charge is 0.325 e. The van der Waals surface area contributed by atoms with Gasteiger partial charge in [-0.1, -0.05) is 15.9 Å². The lowest BCUT2D eigenvalue weighted by atomic mass is 10.1. The molecule has 0 aliphatic rings. The van der Waals surface area contributed by atoms with Gasteiger partial charge in [0.15, 0.2) is 0 Å². The molecule has 2 N–H and O–H groups in total. The van der Waals surface area contributed by atoms with Gasteiger partial charge in [0.2, 0.25) is 0 Å². The molecule has 1 aromatic carbocycles. The van der Waals surface area contributed by atoms with Gasteiger partial charge in [0.1, 0.15) is 12.3 Å². The third-order valence-corrected chi connectivity index (χ3v) is 2.29. The van der Waals surface area contributed by atoms with Crippen LogP contribution in [0.1, 0.15) is 12.5 Å². The first-order chi connectivity index (χ1) is 7.00. The molecule has 0 spiro atoms. The molecule has 0 aliphatic carbocycles. The van der Waals surface area contributed by atoms with Crippen molar-refractivity contribution in [3.8, 4) is 5.75 Å². The van der Waals surface area contributed by atoms with E-state index in [4.69, 9.17) is 5.11 Å². The summed E-state index contributed by atoms with van der Waals surface area (Å²) in [5.41, 5.74) is 1.04. The van der Waals surface area contributed by atoms with Crippen LogP contribution in [0.5, 0.6) is 5.75 Å². The van der Waals surface area contributed by atoms with Crippen molar-refractivity contribution in [1.29, 1.82) is 0 Å². The molecule has 80 valence electrons. The Morgan fingerprint density at radius 2 is 2.20 bits per heavy atom. The molecule has 1 rings (SSSR count). The molecule has 4 nitrogen and oxygen atoms in total. The number of rotatable bonds is 3. The largest absolute Gasteiger partial charge is 0.507 e. The third kappa shape index (κ3) is 3.36. The van der Waals surface area contributed by atoms with Crippen molar-refractivity contribution >= 4 is 27.6 Å². The van der Waals surface area contributed by atoms with Gasteiger partial charge in [0.05, 0.1) is 0 Å². The van der Waals surface area contributed by atoms with E-state index in [2.05, 4.69) is 20.9 Å². The highest BCUT2D eigenvalue weighted by Gasteiger charge is 2.05. The molecular formula is C10H10BrNO3. The van der Waals surface area contributed by atoms with Crippen LogP contribution >= 0.6 is 15.9 Å². The van der Waals surface area contributed by atoms with Gasteiger partial charge in [-0.15, -0.1) is 0 Å². The van der Waals surface area contributed by atoms with Crippen molar-refractivity contribution in [3.05, 3.63) is 28.2 Å². The molecule has 0 saturated heterocycles. The first-order valence-corrected chi connectivity index (χ1v) is 5.01. The molecule has 0 aromatic heterocycles. The maximum atomic E-state index is 10.3. The van der Waals surface area contributed by atoms with Gasteiger partial charge in [-0.25, -0.2) is 0 Å². The minimum atomic E-state index is -0.994. The summed E-state index contributed by atoms with van der Waals surface area (Å²) in [6, 6.07) is 4.98. The number of hydrogen-bond acceptors (Lipinski definition) is 3. The van der Waals surface area contributed by atoms with Crippen LogP contribution in [0.3, 0.4) is 0 Å². The highest BCUT2D eigenvalue weighted by atomic mass is 79.9. The van der Waals surface area contributed by atoms with Gasteiger partial charge in [-0.2, -0.15) is 0 Å². The molecule has 5 heteroatoms. The lowest BCUT2D eigenvalue weighted by Gasteiger charge is -2.03. The Labute approximate surface area is 95.4 Å². The SMILES string of the molecule is C/C(=N\CC(=O)O)c1ccc(Br)cc1O. The summed E-state index contributed by atoms with van der Waals surface area (Å²) in [7, 11) is 0. The second kappa shape index (κ2) is 4.93. The molecule has 15 heavy (non-hydrogen) atoms. The summed E-state index contributed by atoms with van der Waals surface area (Å²) in [4.78, 5) is 14.1. The van der Waals surface area contributed by atoms with E-state index >= 15 is 0 Å². The second-order valence-electron chi connectivity index (χ2n) is 2.96. The van der Waals surface area contributed by atoms with E-state index in [1.54, 1.807) is 19.1 Å². The zero-order chi connectivity index (χ0) is 11.4. The zero-order valence-electron chi connectivity index (χ0n) is 8.07. The zero-order valence-corrected chi connectivity index (χ0v) is 9.65. The number of phenolic OH excluding ortho intramolecular Hbond substituents is 1. The van der Waals surface area contributed by atoms with Crippen molar-refractivity contribution in [2.24, 2.45) is 4.99 Å². The number of aliphatic carboxylic acids is 1. The van der Waals surface area contributed by atoms with Crippen LogP contribution in [-0.2, 0) is 4.79 Å². The number of aliphatic imine (C=N–C) groups is 1. The van der Waals surface area contributed by atoms with Crippen molar-refractivity contribution in [2.75, 3.05) is 6.54 Å². The van der Waals surface area contributed by atoms with Crippen LogP contribution < -0.4 is 0 Å². The van der Waals surface area contributed by atoms with Crippen molar-refractivity contribution in [2.45, 2.75) is 6.92 Å². The number of nitrogens with zero attached hydrogens (tertiary/aromatic N) is 1. The van der Waals surface area contributed by atoms with Crippen LogP contribution in [0.25, 0.3) is 0 Å². The third-order valence-electron chi connectivity index (χ3n) is 1.80. The monoisotopic (exact) mass is 271 g/mol. The van der Waals surface area contributed by atoms with Gasteiger partial charge in [0, 0.05) is 15.7 Å². The first kappa shape index (κ1) is 11.7. The molecule has 1 aromatic rings. The van der Waals surface area contributed by atoms with Crippen LogP contribution in [-0.4, -0.2) is 28.4 Å². The number of hydrogen-bond donors (Lipinski definition) is 2. The van der Waals surface area contributed by atoms with Gasteiger partial charge < -0.3 is 10.2 Å². The highest BCUT2D eigenvalue weighted by molar-refractivity contribution is 9.10. The number of phenols is 1. The Hall–Kier alpha value is -1.36. The topological polar surface area (TPSA) is 69.9 Å². The quantitative estimate of drug-likeness (QED) is 0.827. The highest BCUT2D eigenvalue weighted by Crippen LogP contribution is 2.22. The molecule has 0 bridgehead atoms. The number of halogens is 1. The maximum absolute atomic E-state index is 10.3. The fourth-order valence-corrected chi connectivity index (χ4v) is 1.43. The van der Waals surface area contributed by atoms with E-state index in [0.29, 0.717) is 11.3 Å². The predicted molar refractivity (Wildman–Crippen MR) is 60.5 cm³/mol. The normalized spacial score (nSPS) is 11.5. The van der Waals surface area contributed by atoms with Gasteiger partial charge >= 0.3 is 5.97 Å². The molecule has 0 saturated carbocycles. The van der Waals surface area contributed by atoms with E-state index in [1.807, 2.05) is 0 Å². The lowest BCUT2D eigenvalue weighted by Crippen LogP contribution is -2.04. The minimum absolute atomic E-state index is 0.0796. The maximum Gasteiger partial charge on any atom is 0.325 e. The van der Waals surface area contributed by atoms with Gasteiger partial charge in [0.25, 0.3) is 0 Å². The number of carboxylic acids is 1. The van der Waals surface area contributed by atoms with Crippen LogP contribution in [0.15, 0.2) is 27.7 Å². The number of benzene rings is 1. The van der Waals surface area contributed by atoms with Gasteiger partial charge in [-0.3, -0.25) is 9.79 Å². The summed E-state index contributed by atoms with van der Waals surface area (Å²) in [6.07, 6.45) is 0. The van der Waals surface area contributed by atoms with Crippen LogP contribution in [0.2, 0.25) is 0 Å². The fourth-order valence-electron chi connectivity index (χ4n) is 1.08. The summed E-state index contributed by atoms with van der Waals surface area (Å²) < 4.78 is 0.759. The number of carboxylic acid groups (broad SMARTS) is 1. The van der Waals surface area contributed by atoms with E-state index in [1.165, 1.54) is 6.07 Å². The average molecular weight is 272 g/mol. The number of aromatic hydroxyl groups is 1. The van der Waals surface area contributed by atoms with E-state index in [-0.39, 0.29) is 12.3 Å². The fraction of sp³-hybridized carbons (Fsp3) is 0.200. The minimum Gasteiger partial charge on any atom is -0.507 e. The summed E-state index contributed by atoms with van der Waals surface area (Å²) in [6.45, 7) is 1.37. The summed E-state index contributed by atoms with van der Waals surface area (Å²) in [5, 5.41) is 18.0. The molecule has 0 fully saturated rings. The molecule has 0 atom stereocenters.